The standard InChI is InChI=1S/C21H27ClN6O2/c1-21(2)8-17-15(9-25-28(17)11-21)14-7-18(24-10-16(14)22)27-20(30)26-13-5-4-12(6-13)19(29)23-3/h7,9-10,12-13H,4-6,8,11H2,1-3H3,(H,23,29)(H2,24,26,27,30)/t12-,13+/m0/s1. The molecule has 9 heteroatoms. The van der Waals surface area contributed by atoms with Gasteiger partial charge >= 0.3 is 6.03 Å². The number of carbonyl (C=O) groups is 2. The van der Waals surface area contributed by atoms with Crippen LogP contribution in [0, 0.1) is 11.3 Å². The van der Waals surface area contributed by atoms with Gasteiger partial charge in [0.05, 0.1) is 11.2 Å². The maximum atomic E-state index is 12.5. The van der Waals surface area contributed by atoms with Crippen LogP contribution in [0.1, 0.15) is 38.8 Å². The van der Waals surface area contributed by atoms with Crippen LogP contribution in [0.5, 0.6) is 0 Å². The van der Waals surface area contributed by atoms with Crippen molar-refractivity contribution < 1.29 is 9.59 Å². The lowest BCUT2D eigenvalue weighted by molar-refractivity contribution is -0.124. The molecule has 1 saturated carbocycles. The summed E-state index contributed by atoms with van der Waals surface area (Å²) in [7, 11) is 1.64. The Balaban J connectivity index is 1.45. The monoisotopic (exact) mass is 430 g/mol. The number of rotatable bonds is 4. The van der Waals surface area contributed by atoms with Crippen molar-refractivity contribution in [3.8, 4) is 11.1 Å². The van der Waals surface area contributed by atoms with Crippen LogP contribution in [0.2, 0.25) is 5.02 Å². The average Bonchev–Trinajstić information content (AvgIpc) is 3.37. The summed E-state index contributed by atoms with van der Waals surface area (Å²) in [6.07, 6.45) is 6.49. The SMILES string of the molecule is CNC(=O)[C@H]1CC[C@@H](NC(=O)Nc2cc(-c3cnn4c3CC(C)(C)C4)c(Cl)cn2)C1. The van der Waals surface area contributed by atoms with Gasteiger partial charge in [-0.2, -0.15) is 5.10 Å². The van der Waals surface area contributed by atoms with Gasteiger partial charge in [0.15, 0.2) is 0 Å². The molecule has 30 heavy (non-hydrogen) atoms. The maximum absolute atomic E-state index is 12.5. The van der Waals surface area contributed by atoms with Crippen LogP contribution in [0.15, 0.2) is 18.5 Å². The largest absolute Gasteiger partial charge is 0.359 e. The Labute approximate surface area is 180 Å². The minimum atomic E-state index is -0.334. The first-order valence-electron chi connectivity index (χ1n) is 10.3. The first-order valence-corrected chi connectivity index (χ1v) is 10.6. The summed E-state index contributed by atoms with van der Waals surface area (Å²) >= 11 is 6.43. The third-order valence-electron chi connectivity index (χ3n) is 5.94. The van der Waals surface area contributed by atoms with Crippen LogP contribution in [-0.4, -0.2) is 39.8 Å². The third kappa shape index (κ3) is 4.14. The Hall–Kier alpha value is -2.61. The predicted octanol–water partition coefficient (Wildman–Crippen LogP) is 3.22. The van der Waals surface area contributed by atoms with Gasteiger partial charge in [-0.25, -0.2) is 9.78 Å². The van der Waals surface area contributed by atoms with Gasteiger partial charge in [-0.05, 0) is 37.2 Å². The molecule has 8 nitrogen and oxygen atoms in total. The van der Waals surface area contributed by atoms with E-state index in [0.717, 1.165) is 42.6 Å². The quantitative estimate of drug-likeness (QED) is 0.693. The molecule has 2 aromatic rings. The van der Waals surface area contributed by atoms with Gasteiger partial charge in [0.1, 0.15) is 5.82 Å². The van der Waals surface area contributed by atoms with Gasteiger partial charge in [-0.15, -0.1) is 0 Å². The van der Waals surface area contributed by atoms with Gasteiger partial charge in [0.25, 0.3) is 0 Å². The molecule has 160 valence electrons. The molecule has 0 aromatic carbocycles. The van der Waals surface area contributed by atoms with Gasteiger partial charge < -0.3 is 10.6 Å². The lowest BCUT2D eigenvalue weighted by Crippen LogP contribution is -2.37. The number of fused-ring (bicyclic) bond motifs is 1. The van der Waals surface area contributed by atoms with Crippen LogP contribution in [0.4, 0.5) is 10.6 Å². The Morgan fingerprint density at radius 2 is 2.03 bits per heavy atom. The summed E-state index contributed by atoms with van der Waals surface area (Å²) in [4.78, 5) is 28.5. The highest BCUT2D eigenvalue weighted by Gasteiger charge is 2.32. The summed E-state index contributed by atoms with van der Waals surface area (Å²) in [5.41, 5.74) is 3.09. The van der Waals surface area contributed by atoms with E-state index in [4.69, 9.17) is 11.6 Å². The van der Waals surface area contributed by atoms with Crippen molar-refractivity contribution in [2.24, 2.45) is 11.3 Å². The number of nitrogens with one attached hydrogen (secondary N) is 3. The molecule has 2 aliphatic rings. The minimum Gasteiger partial charge on any atom is -0.359 e. The molecule has 4 rings (SSSR count). The maximum Gasteiger partial charge on any atom is 0.320 e. The van der Waals surface area contributed by atoms with Crippen molar-refractivity contribution in [1.82, 2.24) is 25.4 Å². The lowest BCUT2D eigenvalue weighted by Gasteiger charge is -2.15. The molecule has 3 N–H and O–H groups in total. The fourth-order valence-corrected chi connectivity index (χ4v) is 4.68. The second-order valence-corrected chi connectivity index (χ2v) is 9.38. The van der Waals surface area contributed by atoms with Crippen LogP contribution >= 0.6 is 11.6 Å². The number of hydrogen-bond acceptors (Lipinski definition) is 4. The number of nitrogens with zero attached hydrogens (tertiary/aromatic N) is 3. The summed E-state index contributed by atoms with van der Waals surface area (Å²) in [5, 5.41) is 13.4. The molecule has 0 bridgehead atoms. The van der Waals surface area contributed by atoms with Crippen molar-refractivity contribution >= 4 is 29.4 Å². The fraction of sp³-hybridized carbons (Fsp3) is 0.524. The van der Waals surface area contributed by atoms with E-state index in [1.807, 2.05) is 10.9 Å². The van der Waals surface area contributed by atoms with E-state index in [9.17, 15) is 9.59 Å². The molecule has 0 unspecified atom stereocenters. The molecule has 3 heterocycles. The molecule has 0 saturated heterocycles. The first-order chi connectivity index (χ1) is 14.3. The number of pyridine rings is 1. The van der Waals surface area contributed by atoms with E-state index in [1.165, 1.54) is 0 Å². The normalized spacial score (nSPS) is 21.9. The van der Waals surface area contributed by atoms with E-state index >= 15 is 0 Å². The zero-order chi connectivity index (χ0) is 21.5. The number of amides is 3. The summed E-state index contributed by atoms with van der Waals surface area (Å²) < 4.78 is 2.02. The summed E-state index contributed by atoms with van der Waals surface area (Å²) in [6.45, 7) is 5.31. The molecule has 0 spiro atoms. The van der Waals surface area contributed by atoms with Crippen LogP contribution in [0.3, 0.4) is 0 Å². The van der Waals surface area contributed by atoms with E-state index in [2.05, 4.69) is 39.9 Å². The smallest absolute Gasteiger partial charge is 0.320 e. The van der Waals surface area contributed by atoms with Crippen molar-refractivity contribution in [2.45, 2.75) is 52.1 Å². The van der Waals surface area contributed by atoms with Crippen LogP contribution in [-0.2, 0) is 17.8 Å². The highest BCUT2D eigenvalue weighted by molar-refractivity contribution is 6.33. The van der Waals surface area contributed by atoms with Crippen molar-refractivity contribution in [1.29, 1.82) is 0 Å². The van der Waals surface area contributed by atoms with E-state index in [1.54, 1.807) is 19.3 Å². The van der Waals surface area contributed by atoms with Gasteiger partial charge in [-0.3, -0.25) is 14.8 Å². The van der Waals surface area contributed by atoms with Gasteiger partial charge in [0, 0.05) is 48.6 Å². The van der Waals surface area contributed by atoms with Crippen LogP contribution in [0.25, 0.3) is 11.1 Å². The molecule has 1 aliphatic heterocycles. The van der Waals surface area contributed by atoms with Crippen molar-refractivity contribution in [2.75, 3.05) is 12.4 Å². The zero-order valence-electron chi connectivity index (χ0n) is 17.5. The Morgan fingerprint density at radius 1 is 1.23 bits per heavy atom. The average molecular weight is 431 g/mol. The highest BCUT2D eigenvalue weighted by Crippen LogP contribution is 2.39. The number of aromatic nitrogens is 3. The molecule has 1 aliphatic carbocycles. The Morgan fingerprint density at radius 3 is 2.80 bits per heavy atom. The predicted molar refractivity (Wildman–Crippen MR) is 115 cm³/mol. The molecule has 1 fully saturated rings. The van der Waals surface area contributed by atoms with E-state index in [-0.39, 0.29) is 29.3 Å². The third-order valence-corrected chi connectivity index (χ3v) is 6.25. The molecule has 0 radical (unpaired) electrons. The topological polar surface area (TPSA) is 101 Å². The first kappa shape index (κ1) is 20.7. The van der Waals surface area contributed by atoms with Crippen LogP contribution < -0.4 is 16.0 Å². The summed E-state index contributed by atoms with van der Waals surface area (Å²) in [5.74, 6) is 0.403. The number of anilines is 1. The molecular weight excluding hydrogens is 404 g/mol. The number of hydrogen-bond donors (Lipinski definition) is 3. The highest BCUT2D eigenvalue weighted by atomic mass is 35.5. The van der Waals surface area contributed by atoms with E-state index < -0.39 is 0 Å². The van der Waals surface area contributed by atoms with Crippen molar-refractivity contribution in [3.63, 3.8) is 0 Å². The second-order valence-electron chi connectivity index (χ2n) is 8.97. The molecular formula is C21H27ClN6O2. The molecule has 2 atom stereocenters. The Bertz CT molecular complexity index is 986. The zero-order valence-corrected chi connectivity index (χ0v) is 18.2. The minimum absolute atomic E-state index is 0.0276. The van der Waals surface area contributed by atoms with E-state index in [0.29, 0.717) is 17.3 Å². The van der Waals surface area contributed by atoms with Crippen molar-refractivity contribution in [3.05, 3.63) is 29.2 Å². The number of carbonyl (C=O) groups excluding carboxylic acids is 2. The molecule has 3 amide bonds. The van der Waals surface area contributed by atoms with Gasteiger partial charge in [0.2, 0.25) is 5.91 Å². The second kappa shape index (κ2) is 7.91. The lowest BCUT2D eigenvalue weighted by atomic mass is 9.89. The number of urea groups is 1. The number of halogens is 1. The van der Waals surface area contributed by atoms with Gasteiger partial charge in [-0.1, -0.05) is 25.4 Å². The Kier molecular flexibility index (Phi) is 5.44. The molecule has 2 aromatic heterocycles. The fourth-order valence-electron chi connectivity index (χ4n) is 4.48. The summed E-state index contributed by atoms with van der Waals surface area (Å²) in [6, 6.07) is 1.42.